The molecule has 0 saturated carbocycles. The molecule has 2 N–H and O–H groups in total. The fraction of sp³-hybridized carbons (Fsp3) is 0.462. The van der Waals surface area contributed by atoms with Gasteiger partial charge in [0.1, 0.15) is 6.61 Å². The van der Waals surface area contributed by atoms with Crippen LogP contribution < -0.4 is 5.73 Å². The van der Waals surface area contributed by atoms with Gasteiger partial charge in [0.2, 0.25) is 0 Å². The van der Waals surface area contributed by atoms with Gasteiger partial charge in [0.25, 0.3) is 0 Å². The molecule has 0 saturated heterocycles. The summed E-state index contributed by atoms with van der Waals surface area (Å²) in [5.74, 6) is -0.480. The maximum absolute atomic E-state index is 11.7. The molecule has 0 aromatic heterocycles. The first kappa shape index (κ1) is 14.8. The van der Waals surface area contributed by atoms with Crippen LogP contribution >= 0.6 is 11.6 Å². The Balaban J connectivity index is 2.35. The minimum Gasteiger partial charge on any atom is -0.460 e. The molecule has 0 bridgehead atoms. The maximum Gasteiger partial charge on any atom is 0.339 e. The zero-order chi connectivity index (χ0) is 13.4. The normalized spacial score (nSPS) is 10.3. The van der Waals surface area contributed by atoms with Crippen molar-refractivity contribution in [3.63, 3.8) is 0 Å². The third-order valence-electron chi connectivity index (χ3n) is 2.35. The number of carbonyl (C=O) groups is 1. The third kappa shape index (κ3) is 4.55. The van der Waals surface area contributed by atoms with Crippen LogP contribution in [0.5, 0.6) is 0 Å². The number of benzene rings is 1. The SMILES string of the molecule is CCCCOCCOC(=O)c1cccc(N)c1Cl. The Kier molecular flexibility index (Phi) is 6.54. The van der Waals surface area contributed by atoms with Gasteiger partial charge in [-0.15, -0.1) is 0 Å². The molecular weight excluding hydrogens is 254 g/mol. The second-order valence-electron chi connectivity index (χ2n) is 3.81. The standard InChI is InChI=1S/C13H18ClNO3/c1-2-3-7-17-8-9-18-13(16)10-5-4-6-11(15)12(10)14/h4-6H,2-3,7-9,15H2,1H3. The molecule has 0 spiro atoms. The Labute approximate surface area is 112 Å². The number of hydrogen-bond acceptors (Lipinski definition) is 4. The highest BCUT2D eigenvalue weighted by Gasteiger charge is 2.13. The monoisotopic (exact) mass is 271 g/mol. The number of anilines is 1. The van der Waals surface area contributed by atoms with Crippen LogP contribution in [0.1, 0.15) is 30.1 Å². The molecule has 0 radical (unpaired) electrons. The fourth-order valence-electron chi connectivity index (χ4n) is 1.33. The lowest BCUT2D eigenvalue weighted by Crippen LogP contribution is -2.12. The Morgan fingerprint density at radius 1 is 1.33 bits per heavy atom. The summed E-state index contributed by atoms with van der Waals surface area (Å²) >= 11 is 5.91. The average molecular weight is 272 g/mol. The van der Waals surface area contributed by atoms with E-state index < -0.39 is 5.97 Å². The summed E-state index contributed by atoms with van der Waals surface area (Å²) in [6, 6.07) is 4.88. The summed E-state index contributed by atoms with van der Waals surface area (Å²) in [4.78, 5) is 11.7. The van der Waals surface area contributed by atoms with Crippen LogP contribution in [0.25, 0.3) is 0 Å². The molecule has 0 fully saturated rings. The predicted octanol–water partition coefficient (Wildman–Crippen LogP) is 2.90. The number of esters is 1. The quantitative estimate of drug-likeness (QED) is 0.471. The predicted molar refractivity (Wildman–Crippen MR) is 71.9 cm³/mol. The lowest BCUT2D eigenvalue weighted by Gasteiger charge is -2.08. The number of carbonyl (C=O) groups excluding carboxylic acids is 1. The molecule has 1 aromatic rings. The molecule has 100 valence electrons. The lowest BCUT2D eigenvalue weighted by molar-refractivity contribution is 0.0314. The topological polar surface area (TPSA) is 61.5 Å². The summed E-state index contributed by atoms with van der Waals surface area (Å²) in [7, 11) is 0. The van der Waals surface area contributed by atoms with Crippen molar-refractivity contribution in [2.45, 2.75) is 19.8 Å². The summed E-state index contributed by atoms with van der Waals surface area (Å²) in [5, 5.41) is 0.231. The highest BCUT2D eigenvalue weighted by molar-refractivity contribution is 6.36. The zero-order valence-electron chi connectivity index (χ0n) is 10.4. The largest absolute Gasteiger partial charge is 0.460 e. The van der Waals surface area contributed by atoms with Gasteiger partial charge in [0, 0.05) is 6.61 Å². The maximum atomic E-state index is 11.7. The second-order valence-corrected chi connectivity index (χ2v) is 4.19. The number of ether oxygens (including phenoxy) is 2. The molecule has 1 rings (SSSR count). The van der Waals surface area contributed by atoms with E-state index in [1.807, 2.05) is 0 Å². The van der Waals surface area contributed by atoms with E-state index in [0.717, 1.165) is 12.8 Å². The van der Waals surface area contributed by atoms with Crippen molar-refractivity contribution in [3.05, 3.63) is 28.8 Å². The highest BCUT2D eigenvalue weighted by Crippen LogP contribution is 2.23. The van der Waals surface area contributed by atoms with Gasteiger partial charge in [-0.25, -0.2) is 4.79 Å². The lowest BCUT2D eigenvalue weighted by atomic mass is 10.2. The van der Waals surface area contributed by atoms with Gasteiger partial charge in [-0.05, 0) is 18.6 Å². The van der Waals surface area contributed by atoms with E-state index in [9.17, 15) is 4.79 Å². The first-order chi connectivity index (χ1) is 8.66. The van der Waals surface area contributed by atoms with E-state index in [0.29, 0.717) is 18.9 Å². The van der Waals surface area contributed by atoms with Crippen molar-refractivity contribution in [2.75, 3.05) is 25.6 Å². The first-order valence-electron chi connectivity index (χ1n) is 5.95. The van der Waals surface area contributed by atoms with Crippen molar-refractivity contribution >= 4 is 23.3 Å². The van der Waals surface area contributed by atoms with E-state index in [-0.39, 0.29) is 17.2 Å². The number of rotatable bonds is 7. The van der Waals surface area contributed by atoms with E-state index in [1.165, 1.54) is 0 Å². The van der Waals surface area contributed by atoms with Crippen LogP contribution in [0, 0.1) is 0 Å². The smallest absolute Gasteiger partial charge is 0.339 e. The van der Waals surface area contributed by atoms with Crippen molar-refractivity contribution in [2.24, 2.45) is 0 Å². The molecule has 1 aromatic carbocycles. The van der Waals surface area contributed by atoms with Crippen molar-refractivity contribution < 1.29 is 14.3 Å². The molecular formula is C13H18ClNO3. The average Bonchev–Trinajstić information content (AvgIpc) is 2.36. The molecule has 0 aliphatic heterocycles. The van der Waals surface area contributed by atoms with Gasteiger partial charge in [0.15, 0.2) is 0 Å². The van der Waals surface area contributed by atoms with E-state index >= 15 is 0 Å². The molecule has 0 amide bonds. The van der Waals surface area contributed by atoms with Crippen LogP contribution in [0.4, 0.5) is 5.69 Å². The minimum atomic E-state index is -0.480. The minimum absolute atomic E-state index is 0.216. The highest BCUT2D eigenvalue weighted by atomic mass is 35.5. The summed E-state index contributed by atoms with van der Waals surface area (Å²) in [5.41, 5.74) is 6.25. The van der Waals surface area contributed by atoms with Crippen molar-refractivity contribution in [3.8, 4) is 0 Å². The number of nitrogens with two attached hydrogens (primary N) is 1. The van der Waals surface area contributed by atoms with Gasteiger partial charge in [-0.1, -0.05) is 31.0 Å². The number of halogens is 1. The van der Waals surface area contributed by atoms with Crippen LogP contribution in [0.15, 0.2) is 18.2 Å². The number of hydrogen-bond donors (Lipinski definition) is 1. The molecule has 18 heavy (non-hydrogen) atoms. The molecule has 4 nitrogen and oxygen atoms in total. The van der Waals surface area contributed by atoms with Gasteiger partial charge in [-0.3, -0.25) is 0 Å². The Morgan fingerprint density at radius 3 is 2.83 bits per heavy atom. The molecule has 0 unspecified atom stereocenters. The zero-order valence-corrected chi connectivity index (χ0v) is 11.2. The number of unbranched alkanes of at least 4 members (excludes halogenated alkanes) is 1. The Morgan fingerprint density at radius 2 is 2.11 bits per heavy atom. The summed E-state index contributed by atoms with van der Waals surface area (Å²) in [6.45, 7) is 3.39. The molecule has 5 heteroatoms. The third-order valence-corrected chi connectivity index (χ3v) is 2.77. The van der Waals surface area contributed by atoms with Crippen LogP contribution in [0.2, 0.25) is 5.02 Å². The molecule has 0 aliphatic carbocycles. The summed E-state index contributed by atoms with van der Waals surface area (Å²) in [6.07, 6.45) is 2.09. The van der Waals surface area contributed by atoms with E-state index in [2.05, 4.69) is 6.92 Å². The van der Waals surface area contributed by atoms with Crippen molar-refractivity contribution in [1.82, 2.24) is 0 Å². The first-order valence-corrected chi connectivity index (χ1v) is 6.33. The van der Waals surface area contributed by atoms with Gasteiger partial charge in [-0.2, -0.15) is 0 Å². The Bertz CT molecular complexity index is 396. The van der Waals surface area contributed by atoms with Crippen LogP contribution in [-0.4, -0.2) is 25.8 Å². The number of nitrogen functional groups attached to an aromatic ring is 1. The molecule has 0 aliphatic rings. The summed E-state index contributed by atoms with van der Waals surface area (Å²) < 4.78 is 10.3. The van der Waals surface area contributed by atoms with Crippen molar-refractivity contribution in [1.29, 1.82) is 0 Å². The second kappa shape index (κ2) is 7.95. The fourth-order valence-corrected chi connectivity index (χ4v) is 1.53. The van der Waals surface area contributed by atoms with Gasteiger partial charge >= 0.3 is 5.97 Å². The van der Waals surface area contributed by atoms with Gasteiger partial charge in [0.05, 0.1) is 22.9 Å². The molecule has 0 atom stereocenters. The van der Waals surface area contributed by atoms with E-state index in [1.54, 1.807) is 18.2 Å². The van der Waals surface area contributed by atoms with Crippen LogP contribution in [0.3, 0.4) is 0 Å². The Hall–Kier alpha value is -1.26. The van der Waals surface area contributed by atoms with E-state index in [4.69, 9.17) is 26.8 Å². The molecule has 0 heterocycles. The van der Waals surface area contributed by atoms with Gasteiger partial charge < -0.3 is 15.2 Å². The van der Waals surface area contributed by atoms with Crippen LogP contribution in [-0.2, 0) is 9.47 Å².